The molecule has 3 heterocycles. The van der Waals surface area contributed by atoms with Crippen LogP contribution in [0.25, 0.3) is 0 Å². The summed E-state index contributed by atoms with van der Waals surface area (Å²) in [5.74, 6) is -2.84. The lowest BCUT2D eigenvalue weighted by molar-refractivity contribution is -0.163. The van der Waals surface area contributed by atoms with Crippen LogP contribution >= 0.6 is 0 Å². The Morgan fingerprint density at radius 3 is 2.58 bits per heavy atom. The number of aliphatic carboxylic acids is 1. The summed E-state index contributed by atoms with van der Waals surface area (Å²) in [5.41, 5.74) is -0.0951. The van der Waals surface area contributed by atoms with Crippen molar-refractivity contribution >= 4 is 17.7 Å². The molecule has 10 nitrogen and oxygen atoms in total. The molecule has 1 aromatic heterocycles. The molecule has 0 unspecified atom stereocenters. The van der Waals surface area contributed by atoms with Crippen LogP contribution in [0.2, 0.25) is 0 Å². The number of Topliss-reactive ketones (excluding diaryl/α,β-unsaturated/α-hetero) is 1. The Bertz CT molecular complexity index is 995. The lowest BCUT2D eigenvalue weighted by atomic mass is 9.77. The first kappa shape index (κ1) is 22.7. The van der Waals surface area contributed by atoms with E-state index in [2.05, 4.69) is 0 Å². The van der Waals surface area contributed by atoms with Crippen LogP contribution in [-0.4, -0.2) is 75.1 Å². The molecule has 1 amide bonds. The highest BCUT2D eigenvalue weighted by Gasteiger charge is 2.59. The molecule has 4 atom stereocenters. The third-order valence-corrected chi connectivity index (χ3v) is 5.92. The Balaban J connectivity index is 1.63. The van der Waals surface area contributed by atoms with Crippen molar-refractivity contribution in [2.45, 2.75) is 38.8 Å². The highest BCUT2D eigenvalue weighted by Crippen LogP contribution is 2.47. The van der Waals surface area contributed by atoms with Gasteiger partial charge in [0.05, 0.1) is 24.6 Å². The van der Waals surface area contributed by atoms with Crippen molar-refractivity contribution in [1.29, 1.82) is 0 Å². The molecule has 2 aliphatic heterocycles. The Kier molecular flexibility index (Phi) is 6.33. The monoisotopic (exact) mass is 434 g/mol. The van der Waals surface area contributed by atoms with Crippen LogP contribution in [0.3, 0.4) is 0 Å². The summed E-state index contributed by atoms with van der Waals surface area (Å²) >= 11 is 0. The van der Waals surface area contributed by atoms with E-state index in [1.165, 1.54) is 11.8 Å². The smallest absolute Gasteiger partial charge is 0.352 e. The Hall–Kier alpha value is -2.98. The van der Waals surface area contributed by atoms with Gasteiger partial charge in [-0.15, -0.1) is 0 Å². The van der Waals surface area contributed by atoms with E-state index in [1.54, 1.807) is 11.9 Å². The number of fused-ring (bicyclic) bond motifs is 1. The van der Waals surface area contributed by atoms with Gasteiger partial charge in [-0.3, -0.25) is 19.3 Å². The van der Waals surface area contributed by atoms with E-state index in [0.29, 0.717) is 5.57 Å². The number of aromatic hydroxyl groups is 1. The maximum absolute atomic E-state index is 12.4. The number of rotatable bonds is 9. The van der Waals surface area contributed by atoms with E-state index in [0.717, 1.165) is 12.3 Å². The SMILES string of the molecule is C[C@@H](O)[C@H]1C(=O)N2C(C(=O)O)=C(CN(C)CC(=O)CCc3cc(=O)c(O)co3)[C@H](C)[C@H]12. The van der Waals surface area contributed by atoms with Crippen LogP contribution in [0.15, 0.2) is 32.8 Å². The zero-order chi connectivity index (χ0) is 23.0. The lowest BCUT2D eigenvalue weighted by Gasteiger charge is -2.46. The van der Waals surface area contributed by atoms with Gasteiger partial charge in [0.2, 0.25) is 11.3 Å². The summed E-state index contributed by atoms with van der Waals surface area (Å²) in [6.45, 7) is 3.58. The van der Waals surface area contributed by atoms with Crippen LogP contribution in [0, 0.1) is 11.8 Å². The Labute approximate surface area is 178 Å². The van der Waals surface area contributed by atoms with Gasteiger partial charge in [0.15, 0.2) is 5.75 Å². The number of aliphatic hydroxyl groups excluding tert-OH is 1. The second-order valence-electron chi connectivity index (χ2n) is 8.24. The highest BCUT2D eigenvalue weighted by atomic mass is 16.4. The molecule has 168 valence electrons. The fourth-order valence-corrected chi connectivity index (χ4v) is 4.42. The van der Waals surface area contributed by atoms with Crippen molar-refractivity contribution < 1.29 is 34.1 Å². The first-order chi connectivity index (χ1) is 14.5. The summed E-state index contributed by atoms with van der Waals surface area (Å²) in [5, 5.41) is 28.8. The number of nitrogens with zero attached hydrogens (tertiary/aromatic N) is 2. The Morgan fingerprint density at radius 1 is 1.32 bits per heavy atom. The number of ketones is 1. The van der Waals surface area contributed by atoms with Gasteiger partial charge in [-0.1, -0.05) is 6.92 Å². The number of β-lactam (4-membered cyclic amide) rings is 1. The standard InChI is InChI=1S/C21H26N2O8/c1-10-14(19(21(29)30)23-18(10)17(11(2)24)20(23)28)8-22(3)7-12(25)4-5-13-6-15(26)16(27)9-31-13/h6,9-11,17-18,24,27H,4-5,7-8H2,1-3H3,(H,29,30)/t10-,11+,17+,18+/m0/s1. The minimum absolute atomic E-state index is 0.0455. The number of aryl methyl sites for hydroxylation is 1. The van der Waals surface area contributed by atoms with Gasteiger partial charge in [0.25, 0.3) is 0 Å². The van der Waals surface area contributed by atoms with Crippen LogP contribution in [0.5, 0.6) is 5.75 Å². The average molecular weight is 434 g/mol. The number of aliphatic hydroxyl groups is 1. The van der Waals surface area contributed by atoms with Crippen LogP contribution in [-0.2, 0) is 20.8 Å². The van der Waals surface area contributed by atoms with Crippen molar-refractivity contribution in [3.63, 3.8) is 0 Å². The molecule has 3 rings (SSSR count). The summed E-state index contributed by atoms with van der Waals surface area (Å²) in [4.78, 5) is 50.9. The van der Waals surface area contributed by atoms with E-state index in [4.69, 9.17) is 4.42 Å². The van der Waals surface area contributed by atoms with Crippen molar-refractivity contribution in [1.82, 2.24) is 9.80 Å². The zero-order valence-corrected chi connectivity index (χ0v) is 17.6. The van der Waals surface area contributed by atoms with E-state index in [9.17, 15) is 34.5 Å². The largest absolute Gasteiger partial charge is 0.502 e. The van der Waals surface area contributed by atoms with Crippen molar-refractivity contribution in [2.24, 2.45) is 11.8 Å². The minimum atomic E-state index is -1.20. The third kappa shape index (κ3) is 4.26. The predicted octanol–water partition coefficient (Wildman–Crippen LogP) is -0.0249. The zero-order valence-electron chi connectivity index (χ0n) is 17.6. The van der Waals surface area contributed by atoms with Crippen LogP contribution in [0.1, 0.15) is 26.0 Å². The highest BCUT2D eigenvalue weighted by molar-refractivity contribution is 6.00. The molecule has 0 saturated carbocycles. The maximum Gasteiger partial charge on any atom is 0.352 e. The molecule has 1 fully saturated rings. The minimum Gasteiger partial charge on any atom is -0.502 e. The summed E-state index contributed by atoms with van der Waals surface area (Å²) in [7, 11) is 1.68. The molecular weight excluding hydrogens is 408 g/mol. The quantitative estimate of drug-likeness (QED) is 0.456. The molecule has 1 saturated heterocycles. The van der Waals surface area contributed by atoms with Gasteiger partial charge in [-0.25, -0.2) is 4.79 Å². The van der Waals surface area contributed by atoms with E-state index >= 15 is 0 Å². The lowest BCUT2D eigenvalue weighted by Crippen LogP contribution is -2.63. The molecule has 0 radical (unpaired) electrons. The molecule has 0 bridgehead atoms. The average Bonchev–Trinajstić information content (AvgIpc) is 2.91. The number of carbonyl (C=O) groups excluding carboxylic acids is 2. The fraction of sp³-hybridized carbons (Fsp3) is 0.524. The van der Waals surface area contributed by atoms with E-state index in [1.807, 2.05) is 6.92 Å². The number of carboxylic acids is 1. The summed E-state index contributed by atoms with van der Waals surface area (Å²) in [6, 6.07) is 0.742. The molecule has 0 aliphatic carbocycles. The molecule has 3 N–H and O–H groups in total. The van der Waals surface area contributed by atoms with Gasteiger partial charge in [-0.2, -0.15) is 0 Å². The van der Waals surface area contributed by atoms with Crippen molar-refractivity contribution in [3.05, 3.63) is 39.6 Å². The second-order valence-corrected chi connectivity index (χ2v) is 8.24. The number of amides is 1. The first-order valence-corrected chi connectivity index (χ1v) is 10.0. The maximum atomic E-state index is 12.4. The van der Waals surface area contributed by atoms with E-state index < -0.39 is 41.1 Å². The van der Waals surface area contributed by atoms with Crippen molar-refractivity contribution in [3.8, 4) is 5.75 Å². The van der Waals surface area contributed by atoms with Crippen LogP contribution in [0.4, 0.5) is 0 Å². The number of hydrogen-bond donors (Lipinski definition) is 3. The number of carbonyl (C=O) groups is 3. The van der Waals surface area contributed by atoms with Gasteiger partial charge in [-0.05, 0) is 19.5 Å². The van der Waals surface area contributed by atoms with Crippen LogP contribution < -0.4 is 5.43 Å². The Morgan fingerprint density at radius 2 is 2.00 bits per heavy atom. The number of carboxylic acid groups (broad SMARTS) is 1. The van der Waals surface area contributed by atoms with Gasteiger partial charge in [0, 0.05) is 31.4 Å². The number of likely N-dealkylation sites (N-methyl/N-ethyl adjacent to an activating group) is 1. The molecular formula is C21H26N2O8. The van der Waals surface area contributed by atoms with Gasteiger partial charge >= 0.3 is 5.97 Å². The summed E-state index contributed by atoms with van der Waals surface area (Å²) < 4.78 is 5.08. The molecule has 0 spiro atoms. The van der Waals surface area contributed by atoms with Gasteiger partial charge < -0.3 is 24.6 Å². The van der Waals surface area contributed by atoms with Gasteiger partial charge in [0.1, 0.15) is 23.5 Å². The molecule has 0 aromatic carbocycles. The second kappa shape index (κ2) is 8.64. The fourth-order valence-electron chi connectivity index (χ4n) is 4.42. The molecule has 10 heteroatoms. The van der Waals surface area contributed by atoms with Crippen molar-refractivity contribution in [2.75, 3.05) is 20.1 Å². The van der Waals surface area contributed by atoms with E-state index in [-0.39, 0.29) is 49.1 Å². The summed E-state index contributed by atoms with van der Waals surface area (Å²) in [6.07, 6.45) is 0.365. The molecule has 1 aromatic rings. The molecule has 2 aliphatic rings. The first-order valence-electron chi connectivity index (χ1n) is 10.0. The topological polar surface area (TPSA) is 149 Å². The number of hydrogen-bond acceptors (Lipinski definition) is 8. The molecule has 31 heavy (non-hydrogen) atoms. The third-order valence-electron chi connectivity index (χ3n) is 5.92. The predicted molar refractivity (Wildman–Crippen MR) is 107 cm³/mol. The normalized spacial score (nSPS) is 23.7.